The summed E-state index contributed by atoms with van der Waals surface area (Å²) < 4.78 is 14.0. The highest BCUT2D eigenvalue weighted by Gasteiger charge is 2.27. The van der Waals surface area contributed by atoms with Crippen LogP contribution >= 0.6 is 0 Å². The van der Waals surface area contributed by atoms with Crippen LogP contribution in [0.1, 0.15) is 46.8 Å². The van der Waals surface area contributed by atoms with E-state index in [0.717, 1.165) is 17.7 Å². The zero-order valence-electron chi connectivity index (χ0n) is 16.6. The normalized spacial score (nSPS) is 19.5. The van der Waals surface area contributed by atoms with E-state index in [4.69, 9.17) is 0 Å². The first-order chi connectivity index (χ1) is 13.4. The number of aryl methyl sites for hydroxylation is 1. The van der Waals surface area contributed by atoms with Gasteiger partial charge in [0.1, 0.15) is 11.5 Å². The lowest BCUT2D eigenvalue weighted by Gasteiger charge is -2.19. The second-order valence-electron chi connectivity index (χ2n) is 8.04. The molecule has 2 atom stereocenters. The molecule has 2 unspecified atom stereocenters. The van der Waals surface area contributed by atoms with Gasteiger partial charge < -0.3 is 15.2 Å². The van der Waals surface area contributed by atoms with Crippen LogP contribution in [-0.4, -0.2) is 35.9 Å². The second kappa shape index (κ2) is 7.40. The average Bonchev–Trinajstić information content (AvgIpc) is 3.33. The number of hydrogen-bond donors (Lipinski definition) is 2. The molecule has 4 rings (SSSR count). The highest BCUT2D eigenvalue weighted by atomic mass is 19.1. The number of rotatable bonds is 4. The van der Waals surface area contributed by atoms with Crippen LogP contribution in [0.25, 0.3) is 10.9 Å². The lowest BCUT2D eigenvalue weighted by atomic mass is 9.97. The highest BCUT2D eigenvalue weighted by molar-refractivity contribution is 6.06. The molecule has 5 heteroatoms. The third kappa shape index (κ3) is 3.54. The maximum absolute atomic E-state index is 14.0. The van der Waals surface area contributed by atoms with Crippen LogP contribution in [0, 0.1) is 12.7 Å². The maximum atomic E-state index is 14.0. The first-order valence-corrected chi connectivity index (χ1v) is 9.78. The number of fused-ring (bicyclic) bond motifs is 1. The van der Waals surface area contributed by atoms with Crippen LogP contribution < -0.4 is 5.32 Å². The van der Waals surface area contributed by atoms with Crippen molar-refractivity contribution in [2.75, 3.05) is 19.4 Å². The number of H-pyrrole nitrogens is 1. The standard InChI is InChI=1S/C23H26FN3O/c1-14-7-10-20(24)19-13-21(26-22(14)19)23(28)25-17-6-4-5-15(11-17)16-8-9-18(12-16)27(2)3/h4-7,10-11,13,16,18,26H,8-9,12H2,1-3H3,(H,25,28). The summed E-state index contributed by atoms with van der Waals surface area (Å²) in [7, 11) is 4.27. The van der Waals surface area contributed by atoms with Gasteiger partial charge in [-0.3, -0.25) is 4.79 Å². The van der Waals surface area contributed by atoms with E-state index in [9.17, 15) is 9.18 Å². The fraction of sp³-hybridized carbons (Fsp3) is 0.348. The van der Waals surface area contributed by atoms with Crippen molar-refractivity contribution in [3.8, 4) is 0 Å². The van der Waals surface area contributed by atoms with Gasteiger partial charge in [0, 0.05) is 17.1 Å². The van der Waals surface area contributed by atoms with E-state index in [-0.39, 0.29) is 11.7 Å². The Labute approximate surface area is 164 Å². The lowest BCUT2D eigenvalue weighted by Crippen LogP contribution is -2.24. The molecule has 1 fully saturated rings. The average molecular weight is 379 g/mol. The van der Waals surface area contributed by atoms with Gasteiger partial charge >= 0.3 is 0 Å². The Morgan fingerprint density at radius 3 is 2.71 bits per heavy atom. The van der Waals surface area contributed by atoms with Gasteiger partial charge in [-0.15, -0.1) is 0 Å². The molecule has 146 valence electrons. The number of nitrogens with zero attached hydrogens (tertiary/aromatic N) is 1. The zero-order valence-corrected chi connectivity index (χ0v) is 16.6. The van der Waals surface area contributed by atoms with Crippen LogP contribution in [-0.2, 0) is 0 Å². The SMILES string of the molecule is Cc1ccc(F)c2cc(C(=O)Nc3cccc(C4CCC(N(C)C)C4)c3)[nH]c12. The Balaban J connectivity index is 1.53. The summed E-state index contributed by atoms with van der Waals surface area (Å²) in [4.78, 5) is 18.1. The van der Waals surface area contributed by atoms with Crippen LogP contribution in [0.15, 0.2) is 42.5 Å². The summed E-state index contributed by atoms with van der Waals surface area (Å²) in [6, 6.07) is 13.4. The van der Waals surface area contributed by atoms with Gasteiger partial charge in [0.2, 0.25) is 0 Å². The minimum Gasteiger partial charge on any atom is -0.350 e. The van der Waals surface area contributed by atoms with E-state index in [2.05, 4.69) is 41.4 Å². The molecule has 4 nitrogen and oxygen atoms in total. The van der Waals surface area contributed by atoms with Crippen molar-refractivity contribution >= 4 is 22.5 Å². The van der Waals surface area contributed by atoms with Gasteiger partial charge in [0.05, 0.1) is 5.52 Å². The molecule has 0 aliphatic heterocycles. The summed E-state index contributed by atoms with van der Waals surface area (Å²) >= 11 is 0. The number of carbonyl (C=O) groups is 1. The molecule has 0 spiro atoms. The van der Waals surface area contributed by atoms with Crippen LogP contribution in [0.5, 0.6) is 0 Å². The van der Waals surface area contributed by atoms with Crippen LogP contribution in [0.3, 0.4) is 0 Å². The summed E-state index contributed by atoms with van der Waals surface area (Å²) in [6.07, 6.45) is 3.51. The van der Waals surface area contributed by atoms with Gasteiger partial charge in [0.15, 0.2) is 0 Å². The molecule has 1 heterocycles. The summed E-state index contributed by atoms with van der Waals surface area (Å²) in [6.45, 7) is 1.89. The quantitative estimate of drug-likeness (QED) is 0.665. The Hall–Kier alpha value is -2.66. The van der Waals surface area contributed by atoms with Crippen molar-refractivity contribution in [1.29, 1.82) is 0 Å². The number of anilines is 1. The summed E-state index contributed by atoms with van der Waals surface area (Å²) in [5.74, 6) is -0.0617. The fourth-order valence-corrected chi connectivity index (χ4v) is 4.25. The maximum Gasteiger partial charge on any atom is 0.272 e. The third-order valence-corrected chi connectivity index (χ3v) is 5.94. The molecule has 2 aromatic carbocycles. The van der Waals surface area contributed by atoms with Gasteiger partial charge in [-0.1, -0.05) is 18.2 Å². The predicted molar refractivity (Wildman–Crippen MR) is 111 cm³/mol. The van der Waals surface area contributed by atoms with Crippen molar-refractivity contribution < 1.29 is 9.18 Å². The van der Waals surface area contributed by atoms with E-state index in [1.807, 2.05) is 19.1 Å². The van der Waals surface area contributed by atoms with Gasteiger partial charge in [-0.2, -0.15) is 0 Å². The topological polar surface area (TPSA) is 48.1 Å². The van der Waals surface area contributed by atoms with E-state index in [0.29, 0.717) is 28.6 Å². The Morgan fingerprint density at radius 2 is 2.00 bits per heavy atom. The van der Waals surface area contributed by atoms with E-state index in [1.54, 1.807) is 12.1 Å². The number of nitrogens with one attached hydrogen (secondary N) is 2. The number of benzene rings is 2. The monoisotopic (exact) mass is 379 g/mol. The largest absolute Gasteiger partial charge is 0.350 e. The highest BCUT2D eigenvalue weighted by Crippen LogP contribution is 2.37. The number of carbonyl (C=O) groups excluding carboxylic acids is 1. The molecule has 2 N–H and O–H groups in total. The number of amides is 1. The molecular formula is C23H26FN3O. The molecule has 0 radical (unpaired) electrons. The van der Waals surface area contributed by atoms with Crippen molar-refractivity contribution in [1.82, 2.24) is 9.88 Å². The van der Waals surface area contributed by atoms with Gasteiger partial charge in [-0.25, -0.2) is 4.39 Å². The minimum absolute atomic E-state index is 0.260. The molecular weight excluding hydrogens is 353 g/mol. The molecule has 0 saturated heterocycles. The molecule has 1 amide bonds. The summed E-state index contributed by atoms with van der Waals surface area (Å²) in [5.41, 5.74) is 3.98. The van der Waals surface area contributed by atoms with Crippen molar-refractivity contribution in [2.45, 2.75) is 38.1 Å². The van der Waals surface area contributed by atoms with E-state index < -0.39 is 0 Å². The Kier molecular flexibility index (Phi) is 4.94. The number of halogens is 1. The zero-order chi connectivity index (χ0) is 19.8. The number of aromatic nitrogens is 1. The number of aromatic amines is 1. The molecule has 3 aromatic rings. The Morgan fingerprint density at radius 1 is 1.18 bits per heavy atom. The predicted octanol–water partition coefficient (Wildman–Crippen LogP) is 5.07. The first kappa shape index (κ1) is 18.7. The Bertz CT molecular complexity index is 985. The smallest absolute Gasteiger partial charge is 0.272 e. The fourth-order valence-electron chi connectivity index (χ4n) is 4.25. The van der Waals surface area contributed by atoms with Crippen molar-refractivity contribution in [2.24, 2.45) is 0 Å². The van der Waals surface area contributed by atoms with E-state index in [1.165, 1.54) is 24.5 Å². The van der Waals surface area contributed by atoms with Crippen LogP contribution in [0.2, 0.25) is 0 Å². The van der Waals surface area contributed by atoms with Crippen molar-refractivity contribution in [3.05, 3.63) is 65.1 Å². The van der Waals surface area contributed by atoms with Gasteiger partial charge in [0.25, 0.3) is 5.91 Å². The van der Waals surface area contributed by atoms with Crippen LogP contribution in [0.4, 0.5) is 10.1 Å². The lowest BCUT2D eigenvalue weighted by molar-refractivity contribution is 0.102. The van der Waals surface area contributed by atoms with E-state index >= 15 is 0 Å². The summed E-state index contributed by atoms with van der Waals surface area (Å²) in [5, 5.41) is 3.40. The molecule has 28 heavy (non-hydrogen) atoms. The van der Waals surface area contributed by atoms with Crippen molar-refractivity contribution in [3.63, 3.8) is 0 Å². The molecule has 0 bridgehead atoms. The molecule has 1 aliphatic carbocycles. The molecule has 1 saturated carbocycles. The second-order valence-corrected chi connectivity index (χ2v) is 8.04. The third-order valence-electron chi connectivity index (χ3n) is 5.94. The van der Waals surface area contributed by atoms with Gasteiger partial charge in [-0.05, 0) is 81.6 Å². The minimum atomic E-state index is -0.324. The molecule has 1 aliphatic rings. The number of hydrogen-bond acceptors (Lipinski definition) is 2. The first-order valence-electron chi connectivity index (χ1n) is 9.78. The molecule has 1 aromatic heterocycles.